The summed E-state index contributed by atoms with van der Waals surface area (Å²) in [5, 5.41) is 14.6. The molecule has 0 N–H and O–H groups in total. The highest BCUT2D eigenvalue weighted by Crippen LogP contribution is 2.28. The second-order valence-electron chi connectivity index (χ2n) is 7.65. The predicted molar refractivity (Wildman–Crippen MR) is 118 cm³/mol. The molecule has 0 saturated carbocycles. The van der Waals surface area contributed by atoms with Crippen LogP contribution < -0.4 is 0 Å². The molecule has 152 valence electrons. The number of hydrogen-bond acceptors (Lipinski definition) is 4. The molecule has 0 spiro atoms. The van der Waals surface area contributed by atoms with E-state index in [-0.39, 0.29) is 0 Å². The summed E-state index contributed by atoms with van der Waals surface area (Å²) in [4.78, 5) is 9.22. The largest absolute Gasteiger partial charge is 0.332 e. The first kappa shape index (κ1) is 19.8. The van der Waals surface area contributed by atoms with E-state index in [2.05, 4.69) is 54.3 Å². The minimum absolute atomic E-state index is 0.526. The molecule has 30 heavy (non-hydrogen) atoms. The summed E-state index contributed by atoms with van der Waals surface area (Å²) in [6.07, 6.45) is 8.64. The maximum absolute atomic E-state index is 9.01. The Kier molecular flexibility index (Phi) is 5.62. The van der Waals surface area contributed by atoms with Gasteiger partial charge < -0.3 is 4.57 Å². The lowest BCUT2D eigenvalue weighted by atomic mass is 9.95. The molecule has 0 aliphatic heterocycles. The Morgan fingerprint density at radius 1 is 1.10 bits per heavy atom. The lowest BCUT2D eigenvalue weighted by molar-refractivity contribution is 0.619. The Balaban J connectivity index is 1.81. The zero-order chi connectivity index (χ0) is 21.1. The highest BCUT2D eigenvalue weighted by atomic mass is 15.3. The van der Waals surface area contributed by atoms with Crippen molar-refractivity contribution in [1.29, 1.82) is 5.26 Å². The van der Waals surface area contributed by atoms with E-state index in [9.17, 15) is 0 Å². The van der Waals surface area contributed by atoms with Crippen molar-refractivity contribution in [3.05, 3.63) is 65.4 Å². The number of imidazole rings is 1. The van der Waals surface area contributed by atoms with Crippen LogP contribution in [0.2, 0.25) is 0 Å². The van der Waals surface area contributed by atoms with Crippen molar-refractivity contribution in [2.24, 2.45) is 7.05 Å². The number of fused-ring (bicyclic) bond motifs is 1. The maximum atomic E-state index is 9.01. The minimum atomic E-state index is 0.526. The fourth-order valence-electron chi connectivity index (χ4n) is 4.01. The van der Waals surface area contributed by atoms with Crippen molar-refractivity contribution in [3.63, 3.8) is 0 Å². The van der Waals surface area contributed by atoms with E-state index in [1.165, 1.54) is 27.8 Å². The zero-order valence-corrected chi connectivity index (χ0v) is 17.8. The third kappa shape index (κ3) is 3.84. The number of aromatic nitrogens is 5. The average molecular weight is 399 g/mol. The normalized spacial score (nSPS) is 11.1. The van der Waals surface area contributed by atoms with Gasteiger partial charge in [0.15, 0.2) is 0 Å². The standard InChI is InChI=1S/C24H26N6/c1-4-30-20(9-11-27-30)8-7-19-14-23(24-15-26-16-29(24)3)28-22-12-17(2)18(6-5-10-25)13-21(19)22/h9,11-16H,4-8H2,1-3H3. The van der Waals surface area contributed by atoms with Crippen LogP contribution in [0.5, 0.6) is 0 Å². The molecule has 1 aromatic carbocycles. The van der Waals surface area contributed by atoms with E-state index in [1.54, 1.807) is 6.33 Å². The van der Waals surface area contributed by atoms with E-state index in [4.69, 9.17) is 10.2 Å². The van der Waals surface area contributed by atoms with Gasteiger partial charge in [-0.2, -0.15) is 10.4 Å². The molecule has 6 nitrogen and oxygen atoms in total. The van der Waals surface area contributed by atoms with Crippen molar-refractivity contribution in [2.45, 2.75) is 46.1 Å². The Bertz CT molecular complexity index is 1220. The molecule has 0 saturated heterocycles. The Morgan fingerprint density at radius 2 is 1.97 bits per heavy atom. The van der Waals surface area contributed by atoms with Crippen LogP contribution in [-0.2, 0) is 32.9 Å². The summed E-state index contributed by atoms with van der Waals surface area (Å²) in [7, 11) is 1.99. The second-order valence-corrected chi connectivity index (χ2v) is 7.65. The smallest absolute Gasteiger partial charge is 0.0948 e. The van der Waals surface area contributed by atoms with Crippen LogP contribution in [0.1, 0.15) is 35.7 Å². The molecule has 0 unspecified atom stereocenters. The fourth-order valence-corrected chi connectivity index (χ4v) is 4.01. The monoisotopic (exact) mass is 398 g/mol. The van der Waals surface area contributed by atoms with Gasteiger partial charge in [0.05, 0.1) is 35.5 Å². The Morgan fingerprint density at radius 3 is 2.70 bits per heavy atom. The topological polar surface area (TPSA) is 72.3 Å². The van der Waals surface area contributed by atoms with Gasteiger partial charge in [0.2, 0.25) is 0 Å². The van der Waals surface area contributed by atoms with Gasteiger partial charge in [-0.15, -0.1) is 0 Å². The van der Waals surface area contributed by atoms with Crippen molar-refractivity contribution >= 4 is 10.9 Å². The molecule has 0 amide bonds. The molecule has 0 aliphatic carbocycles. The van der Waals surface area contributed by atoms with Crippen LogP contribution in [0.25, 0.3) is 22.3 Å². The molecular weight excluding hydrogens is 372 g/mol. The fraction of sp³-hybridized carbons (Fsp3) is 0.333. The number of nitrogens with zero attached hydrogens (tertiary/aromatic N) is 6. The summed E-state index contributed by atoms with van der Waals surface area (Å²) in [5.41, 5.74) is 7.83. The van der Waals surface area contributed by atoms with Crippen LogP contribution in [0.15, 0.2) is 43.0 Å². The van der Waals surface area contributed by atoms with Gasteiger partial charge in [-0.1, -0.05) is 0 Å². The van der Waals surface area contributed by atoms with E-state index in [1.807, 2.05) is 28.7 Å². The average Bonchev–Trinajstić information content (AvgIpc) is 3.38. The molecule has 4 rings (SSSR count). The lowest BCUT2D eigenvalue weighted by Crippen LogP contribution is -2.05. The van der Waals surface area contributed by atoms with E-state index in [0.717, 1.165) is 42.7 Å². The van der Waals surface area contributed by atoms with Crippen molar-refractivity contribution in [3.8, 4) is 17.5 Å². The van der Waals surface area contributed by atoms with Crippen LogP contribution in [0, 0.1) is 18.3 Å². The highest BCUT2D eigenvalue weighted by molar-refractivity contribution is 5.86. The van der Waals surface area contributed by atoms with Gasteiger partial charge in [-0.05, 0) is 74.1 Å². The predicted octanol–water partition coefficient (Wildman–Crippen LogP) is 4.40. The Hall–Kier alpha value is -3.46. The van der Waals surface area contributed by atoms with Gasteiger partial charge >= 0.3 is 0 Å². The van der Waals surface area contributed by atoms with Gasteiger partial charge in [-0.25, -0.2) is 9.97 Å². The van der Waals surface area contributed by atoms with E-state index < -0.39 is 0 Å². The van der Waals surface area contributed by atoms with Crippen LogP contribution >= 0.6 is 0 Å². The van der Waals surface area contributed by atoms with Gasteiger partial charge in [-0.3, -0.25) is 4.68 Å². The quantitative estimate of drug-likeness (QED) is 0.462. The molecule has 0 bridgehead atoms. The molecule has 0 atom stereocenters. The maximum Gasteiger partial charge on any atom is 0.0948 e. The van der Waals surface area contributed by atoms with Crippen molar-refractivity contribution < 1.29 is 0 Å². The highest BCUT2D eigenvalue weighted by Gasteiger charge is 2.13. The third-order valence-corrected chi connectivity index (χ3v) is 5.69. The number of pyridine rings is 1. The molecule has 0 aliphatic rings. The molecule has 0 radical (unpaired) electrons. The molecule has 4 aromatic rings. The summed E-state index contributed by atoms with van der Waals surface area (Å²) < 4.78 is 4.05. The molecule has 3 aromatic heterocycles. The summed E-state index contributed by atoms with van der Waals surface area (Å²) in [6.45, 7) is 5.09. The molecule has 6 heteroatoms. The van der Waals surface area contributed by atoms with E-state index >= 15 is 0 Å². The minimum Gasteiger partial charge on any atom is -0.332 e. The lowest BCUT2D eigenvalue weighted by Gasteiger charge is -2.14. The number of aryl methyl sites for hydroxylation is 6. The third-order valence-electron chi connectivity index (χ3n) is 5.69. The SMILES string of the molecule is CCn1nccc1CCc1cc(-c2cncn2C)nc2cc(C)c(CCC#N)cc12. The van der Waals surface area contributed by atoms with Crippen LogP contribution in [0.3, 0.4) is 0 Å². The van der Waals surface area contributed by atoms with Crippen molar-refractivity contribution in [2.75, 3.05) is 0 Å². The number of hydrogen-bond donors (Lipinski definition) is 0. The summed E-state index contributed by atoms with van der Waals surface area (Å²) in [6, 6.07) is 10.9. The Labute approximate surface area is 176 Å². The van der Waals surface area contributed by atoms with Crippen LogP contribution in [0.4, 0.5) is 0 Å². The summed E-state index contributed by atoms with van der Waals surface area (Å²) in [5.74, 6) is 0. The van der Waals surface area contributed by atoms with Gasteiger partial charge in [0, 0.05) is 37.3 Å². The van der Waals surface area contributed by atoms with Crippen molar-refractivity contribution in [1.82, 2.24) is 24.3 Å². The second kappa shape index (κ2) is 8.50. The first-order chi connectivity index (χ1) is 14.6. The van der Waals surface area contributed by atoms with E-state index in [0.29, 0.717) is 6.42 Å². The van der Waals surface area contributed by atoms with Crippen LogP contribution in [-0.4, -0.2) is 24.3 Å². The number of nitriles is 1. The molecule has 3 heterocycles. The zero-order valence-electron chi connectivity index (χ0n) is 17.8. The van der Waals surface area contributed by atoms with Gasteiger partial charge in [0.1, 0.15) is 0 Å². The summed E-state index contributed by atoms with van der Waals surface area (Å²) >= 11 is 0. The molecular formula is C24H26N6. The number of benzene rings is 1. The molecule has 0 fully saturated rings. The first-order valence-corrected chi connectivity index (χ1v) is 10.4. The first-order valence-electron chi connectivity index (χ1n) is 10.4. The van der Waals surface area contributed by atoms with Gasteiger partial charge in [0.25, 0.3) is 0 Å². The number of rotatable bonds is 7.